The van der Waals surface area contributed by atoms with Crippen LogP contribution < -0.4 is 15.4 Å². The molecule has 0 aliphatic heterocycles. The SMILES string of the molecule is CNC[C@@H](O)COc1ccc(Cl)c(-c2nc(NC3CC(C)C3)c(C)c(-c3c(C)noc3C)n2)c1. The number of halogens is 1. The number of likely N-dealkylation sites (N-methyl/N-ethyl adjacent to an activating group) is 1. The van der Waals surface area contributed by atoms with Gasteiger partial charge in [-0.05, 0) is 64.8 Å². The summed E-state index contributed by atoms with van der Waals surface area (Å²) >= 11 is 6.59. The van der Waals surface area contributed by atoms with Gasteiger partial charge in [0.25, 0.3) is 0 Å². The Labute approximate surface area is 205 Å². The zero-order valence-electron chi connectivity index (χ0n) is 20.3. The molecular weight excluding hydrogens is 454 g/mol. The number of hydrogen-bond acceptors (Lipinski definition) is 8. The van der Waals surface area contributed by atoms with Gasteiger partial charge in [0.15, 0.2) is 5.82 Å². The van der Waals surface area contributed by atoms with Crippen LogP contribution in [0.1, 0.15) is 36.8 Å². The van der Waals surface area contributed by atoms with E-state index in [1.165, 1.54) is 0 Å². The first-order chi connectivity index (χ1) is 16.3. The van der Waals surface area contributed by atoms with Crippen LogP contribution in [0.3, 0.4) is 0 Å². The maximum atomic E-state index is 9.98. The van der Waals surface area contributed by atoms with Gasteiger partial charge < -0.3 is 25.0 Å². The van der Waals surface area contributed by atoms with E-state index < -0.39 is 6.10 Å². The number of anilines is 1. The van der Waals surface area contributed by atoms with E-state index in [4.69, 9.17) is 30.8 Å². The Kier molecular flexibility index (Phi) is 7.40. The lowest BCUT2D eigenvalue weighted by Gasteiger charge is -2.34. The summed E-state index contributed by atoms with van der Waals surface area (Å²) < 4.78 is 11.2. The molecule has 3 aromatic rings. The summed E-state index contributed by atoms with van der Waals surface area (Å²) in [4.78, 5) is 9.78. The molecule has 0 amide bonds. The lowest BCUT2D eigenvalue weighted by Crippen LogP contribution is -2.34. The van der Waals surface area contributed by atoms with Crippen LogP contribution in [0.4, 0.5) is 5.82 Å². The molecule has 2 aromatic heterocycles. The molecule has 1 aliphatic rings. The van der Waals surface area contributed by atoms with Crippen molar-refractivity contribution in [3.05, 3.63) is 40.2 Å². The minimum Gasteiger partial charge on any atom is -0.491 e. The quantitative estimate of drug-likeness (QED) is 0.405. The number of rotatable bonds is 9. The number of aliphatic hydroxyl groups is 1. The van der Waals surface area contributed by atoms with Gasteiger partial charge in [0.05, 0.1) is 22.0 Å². The number of aryl methyl sites for hydroxylation is 2. The summed E-state index contributed by atoms with van der Waals surface area (Å²) in [5, 5.41) is 21.1. The Bertz CT molecular complexity index is 1140. The van der Waals surface area contributed by atoms with Crippen molar-refractivity contribution in [1.82, 2.24) is 20.4 Å². The summed E-state index contributed by atoms with van der Waals surface area (Å²) in [5.41, 5.74) is 4.00. The largest absolute Gasteiger partial charge is 0.491 e. The summed E-state index contributed by atoms with van der Waals surface area (Å²) in [6, 6.07) is 5.73. The predicted octanol–water partition coefficient (Wildman–Crippen LogP) is 4.55. The molecule has 1 atom stereocenters. The van der Waals surface area contributed by atoms with Crippen molar-refractivity contribution in [3.8, 4) is 28.4 Å². The predicted molar refractivity (Wildman–Crippen MR) is 133 cm³/mol. The van der Waals surface area contributed by atoms with Crippen LogP contribution in [-0.2, 0) is 0 Å². The van der Waals surface area contributed by atoms with E-state index in [9.17, 15) is 5.11 Å². The minimum absolute atomic E-state index is 0.160. The van der Waals surface area contributed by atoms with Crippen LogP contribution in [0.2, 0.25) is 5.02 Å². The first-order valence-corrected chi connectivity index (χ1v) is 12.0. The molecule has 0 radical (unpaired) electrons. The number of nitrogens with one attached hydrogen (secondary N) is 2. The first kappa shape index (κ1) is 24.4. The zero-order valence-corrected chi connectivity index (χ0v) is 21.0. The van der Waals surface area contributed by atoms with Gasteiger partial charge in [-0.1, -0.05) is 23.7 Å². The fraction of sp³-hybridized carbons (Fsp3) is 0.480. The van der Waals surface area contributed by atoms with Crippen molar-refractivity contribution in [3.63, 3.8) is 0 Å². The molecule has 1 saturated carbocycles. The van der Waals surface area contributed by atoms with E-state index >= 15 is 0 Å². The normalized spacial score (nSPS) is 18.4. The fourth-order valence-corrected chi connectivity index (χ4v) is 4.51. The lowest BCUT2D eigenvalue weighted by atomic mass is 9.82. The van der Waals surface area contributed by atoms with Crippen LogP contribution in [-0.4, -0.2) is 52.6 Å². The maximum Gasteiger partial charge on any atom is 0.163 e. The molecule has 1 aliphatic carbocycles. The topological polar surface area (TPSA) is 105 Å². The summed E-state index contributed by atoms with van der Waals surface area (Å²) in [6.45, 7) is 8.66. The van der Waals surface area contributed by atoms with Gasteiger partial charge in [-0.15, -0.1) is 0 Å². The second kappa shape index (κ2) is 10.3. The van der Waals surface area contributed by atoms with Crippen LogP contribution >= 0.6 is 11.6 Å². The Morgan fingerprint density at radius 3 is 2.65 bits per heavy atom. The van der Waals surface area contributed by atoms with Gasteiger partial charge in [0, 0.05) is 23.7 Å². The third-order valence-corrected chi connectivity index (χ3v) is 6.52. The van der Waals surface area contributed by atoms with E-state index in [1.807, 2.05) is 26.8 Å². The van der Waals surface area contributed by atoms with Crippen molar-refractivity contribution in [2.45, 2.75) is 52.7 Å². The molecule has 0 bridgehead atoms. The molecular formula is C25H32ClN5O3. The molecule has 182 valence electrons. The lowest BCUT2D eigenvalue weighted by molar-refractivity contribution is 0.108. The van der Waals surface area contributed by atoms with Crippen molar-refractivity contribution < 1.29 is 14.4 Å². The van der Waals surface area contributed by atoms with Crippen LogP contribution in [0, 0.1) is 26.7 Å². The summed E-state index contributed by atoms with van der Waals surface area (Å²) in [6.07, 6.45) is 1.60. The molecule has 4 rings (SSSR count). The summed E-state index contributed by atoms with van der Waals surface area (Å²) in [7, 11) is 1.78. The molecule has 0 unspecified atom stereocenters. The number of aromatic nitrogens is 3. The Morgan fingerprint density at radius 1 is 1.24 bits per heavy atom. The highest BCUT2D eigenvalue weighted by atomic mass is 35.5. The van der Waals surface area contributed by atoms with E-state index in [1.54, 1.807) is 19.2 Å². The van der Waals surface area contributed by atoms with E-state index in [0.29, 0.717) is 46.4 Å². The average Bonchev–Trinajstić information content (AvgIpc) is 3.11. The second-order valence-electron chi connectivity index (χ2n) is 9.15. The van der Waals surface area contributed by atoms with Crippen LogP contribution in [0.5, 0.6) is 5.75 Å². The molecule has 34 heavy (non-hydrogen) atoms. The van der Waals surface area contributed by atoms with Gasteiger partial charge >= 0.3 is 0 Å². The first-order valence-electron chi connectivity index (χ1n) is 11.6. The molecule has 9 heteroatoms. The number of hydrogen-bond donors (Lipinski definition) is 3. The van der Waals surface area contributed by atoms with Crippen LogP contribution in [0.15, 0.2) is 22.7 Å². The second-order valence-corrected chi connectivity index (χ2v) is 9.56. The fourth-order valence-electron chi connectivity index (χ4n) is 4.31. The third-order valence-electron chi connectivity index (χ3n) is 6.19. The molecule has 2 heterocycles. The van der Waals surface area contributed by atoms with Gasteiger partial charge in [-0.3, -0.25) is 0 Å². The van der Waals surface area contributed by atoms with Gasteiger partial charge in [-0.2, -0.15) is 0 Å². The number of benzene rings is 1. The molecule has 0 saturated heterocycles. The number of nitrogens with zero attached hydrogens (tertiary/aromatic N) is 3. The third kappa shape index (κ3) is 5.19. The molecule has 3 N–H and O–H groups in total. The van der Waals surface area contributed by atoms with Gasteiger partial charge in [0.1, 0.15) is 30.0 Å². The van der Waals surface area contributed by atoms with Crippen molar-refractivity contribution in [1.29, 1.82) is 0 Å². The number of ether oxygens (including phenoxy) is 1. The molecule has 1 fully saturated rings. The smallest absolute Gasteiger partial charge is 0.163 e. The van der Waals surface area contributed by atoms with Crippen molar-refractivity contribution in [2.75, 3.05) is 25.5 Å². The van der Waals surface area contributed by atoms with Crippen LogP contribution in [0.25, 0.3) is 22.6 Å². The van der Waals surface area contributed by atoms with Gasteiger partial charge in [0.2, 0.25) is 0 Å². The molecule has 0 spiro atoms. The summed E-state index contributed by atoms with van der Waals surface area (Å²) in [5.74, 6) is 3.27. The monoisotopic (exact) mass is 485 g/mol. The highest BCUT2D eigenvalue weighted by Crippen LogP contribution is 2.37. The van der Waals surface area contributed by atoms with E-state index in [2.05, 4.69) is 22.7 Å². The zero-order chi connectivity index (χ0) is 24.4. The van der Waals surface area contributed by atoms with E-state index in [-0.39, 0.29) is 6.61 Å². The Morgan fingerprint density at radius 2 is 2.00 bits per heavy atom. The maximum absolute atomic E-state index is 9.98. The average molecular weight is 486 g/mol. The van der Waals surface area contributed by atoms with Crippen molar-refractivity contribution in [2.24, 2.45) is 5.92 Å². The van der Waals surface area contributed by atoms with Crippen molar-refractivity contribution >= 4 is 17.4 Å². The highest BCUT2D eigenvalue weighted by Gasteiger charge is 2.28. The number of aliphatic hydroxyl groups excluding tert-OH is 1. The Balaban J connectivity index is 1.75. The van der Waals surface area contributed by atoms with Gasteiger partial charge in [-0.25, -0.2) is 9.97 Å². The molecule has 1 aromatic carbocycles. The molecule has 8 nitrogen and oxygen atoms in total. The minimum atomic E-state index is -0.619. The highest BCUT2D eigenvalue weighted by molar-refractivity contribution is 6.33. The van der Waals surface area contributed by atoms with E-state index in [0.717, 1.165) is 41.2 Å². The Hall–Kier alpha value is -2.68. The standard InChI is InChI=1S/C25H32ClN5O3/c1-13-8-17(9-13)28-24-14(2)23(22-15(3)31-34-16(22)4)29-25(30-24)20-10-19(6-7-21(20)26)33-12-18(32)11-27-5/h6-7,10,13,17-18,27,32H,8-9,11-12H2,1-5H3,(H,28,29,30)/t13?,17?,18-/m1/s1.